The number of fused-ring (bicyclic) bond motifs is 1. The van der Waals surface area contributed by atoms with Crippen molar-refractivity contribution in [3.8, 4) is 5.75 Å². The van der Waals surface area contributed by atoms with Crippen molar-refractivity contribution in [3.63, 3.8) is 0 Å². The molecule has 1 aromatic heterocycles. The molecule has 2 aromatic carbocycles. The number of carbonyl (C=O) groups excluding carboxylic acids is 2. The van der Waals surface area contributed by atoms with Gasteiger partial charge in [-0.15, -0.1) is 13.2 Å². The quantitative estimate of drug-likeness (QED) is 0.418. The molecule has 32 heavy (non-hydrogen) atoms. The average Bonchev–Trinajstić information content (AvgIpc) is 3.11. The fourth-order valence-electron chi connectivity index (χ4n) is 2.89. The Bertz CT molecular complexity index is 1070. The van der Waals surface area contributed by atoms with Gasteiger partial charge in [0.05, 0.1) is 16.3 Å². The number of amides is 2. The van der Waals surface area contributed by atoms with Crippen molar-refractivity contribution in [1.82, 2.24) is 10.3 Å². The van der Waals surface area contributed by atoms with Crippen LogP contribution in [0.4, 0.5) is 18.3 Å². The first kappa shape index (κ1) is 23.5. The number of ether oxygens (including phenoxy) is 1. The lowest BCUT2D eigenvalue weighted by Crippen LogP contribution is -2.42. The van der Waals surface area contributed by atoms with Gasteiger partial charge in [0.25, 0.3) is 0 Å². The first-order valence-electron chi connectivity index (χ1n) is 9.73. The van der Waals surface area contributed by atoms with E-state index in [0.29, 0.717) is 23.1 Å². The van der Waals surface area contributed by atoms with Crippen molar-refractivity contribution in [2.75, 3.05) is 11.9 Å². The molecule has 1 atom stereocenters. The third-order valence-electron chi connectivity index (χ3n) is 4.35. The van der Waals surface area contributed by atoms with Crippen LogP contribution in [0.15, 0.2) is 48.5 Å². The van der Waals surface area contributed by atoms with Gasteiger partial charge in [0, 0.05) is 19.0 Å². The lowest BCUT2D eigenvalue weighted by molar-refractivity contribution is -0.274. The van der Waals surface area contributed by atoms with Crippen molar-refractivity contribution in [2.24, 2.45) is 5.73 Å². The third kappa shape index (κ3) is 7.20. The normalized spacial score (nSPS) is 12.4. The molecule has 0 radical (unpaired) electrons. The molecular formula is C21H21F3N4O3S. The highest BCUT2D eigenvalue weighted by molar-refractivity contribution is 7.22. The SMILES string of the molecule is NC(Cc1ccccc1)C(=O)NCCCC(=O)Nc1nc2ccc(OC(F)(F)F)cc2s1. The topological polar surface area (TPSA) is 106 Å². The summed E-state index contributed by atoms with van der Waals surface area (Å²) in [5.74, 6) is -0.969. The number of alkyl halides is 3. The number of benzene rings is 2. The fourth-order valence-corrected chi connectivity index (χ4v) is 3.80. The summed E-state index contributed by atoms with van der Waals surface area (Å²) < 4.78 is 41.3. The molecule has 1 heterocycles. The summed E-state index contributed by atoms with van der Waals surface area (Å²) in [6.45, 7) is 0.284. The molecule has 11 heteroatoms. The Labute approximate surface area is 185 Å². The van der Waals surface area contributed by atoms with Gasteiger partial charge in [-0.25, -0.2) is 4.98 Å². The van der Waals surface area contributed by atoms with E-state index in [1.807, 2.05) is 30.3 Å². The van der Waals surface area contributed by atoms with E-state index in [-0.39, 0.29) is 35.7 Å². The third-order valence-corrected chi connectivity index (χ3v) is 5.29. The Balaban J connectivity index is 1.41. The molecule has 0 aliphatic rings. The standard InChI is InChI=1S/C21H21F3N4O3S/c22-21(23,24)31-14-8-9-16-17(12-14)32-20(27-16)28-18(29)7-4-10-26-19(30)15(25)11-13-5-2-1-3-6-13/h1-3,5-6,8-9,12,15H,4,7,10-11,25H2,(H,26,30)(H,27,28,29). The molecule has 0 saturated carbocycles. The monoisotopic (exact) mass is 466 g/mol. The van der Waals surface area contributed by atoms with E-state index in [0.717, 1.165) is 23.0 Å². The summed E-state index contributed by atoms with van der Waals surface area (Å²) in [4.78, 5) is 28.4. The maximum Gasteiger partial charge on any atom is 0.573 e. The number of thiazole rings is 1. The molecular weight excluding hydrogens is 445 g/mol. The number of nitrogens with one attached hydrogen (secondary N) is 2. The first-order chi connectivity index (χ1) is 15.2. The molecule has 7 nitrogen and oxygen atoms in total. The first-order valence-corrected chi connectivity index (χ1v) is 10.5. The van der Waals surface area contributed by atoms with Crippen LogP contribution in [0, 0.1) is 0 Å². The highest BCUT2D eigenvalue weighted by Gasteiger charge is 2.31. The fraction of sp³-hybridized carbons (Fsp3) is 0.286. The van der Waals surface area contributed by atoms with Crippen LogP contribution in [0.2, 0.25) is 0 Å². The van der Waals surface area contributed by atoms with E-state index >= 15 is 0 Å². The van der Waals surface area contributed by atoms with Crippen molar-refractivity contribution in [3.05, 3.63) is 54.1 Å². The zero-order chi connectivity index (χ0) is 23.1. The summed E-state index contributed by atoms with van der Waals surface area (Å²) in [5, 5.41) is 5.58. The molecule has 3 rings (SSSR count). The number of carbonyl (C=O) groups is 2. The number of halogens is 3. The van der Waals surface area contributed by atoms with E-state index in [1.54, 1.807) is 0 Å². The van der Waals surface area contributed by atoms with Crippen LogP contribution in [0.1, 0.15) is 18.4 Å². The van der Waals surface area contributed by atoms with Crippen LogP contribution < -0.4 is 21.1 Å². The van der Waals surface area contributed by atoms with Crippen molar-refractivity contribution in [1.29, 1.82) is 0 Å². The molecule has 0 spiro atoms. The second-order valence-electron chi connectivity index (χ2n) is 6.94. The van der Waals surface area contributed by atoms with E-state index < -0.39 is 12.4 Å². The van der Waals surface area contributed by atoms with E-state index in [1.165, 1.54) is 12.1 Å². The van der Waals surface area contributed by atoms with Crippen molar-refractivity contribution >= 4 is 38.5 Å². The molecule has 0 aliphatic carbocycles. The number of rotatable bonds is 9. The summed E-state index contributed by atoms with van der Waals surface area (Å²) in [6.07, 6.45) is -3.84. The highest BCUT2D eigenvalue weighted by Crippen LogP contribution is 2.31. The molecule has 0 saturated heterocycles. The maximum atomic E-state index is 12.3. The van der Waals surface area contributed by atoms with Gasteiger partial charge in [0.1, 0.15) is 5.75 Å². The van der Waals surface area contributed by atoms with Crippen molar-refractivity contribution < 1.29 is 27.5 Å². The lowest BCUT2D eigenvalue weighted by atomic mass is 10.1. The van der Waals surface area contributed by atoms with E-state index in [4.69, 9.17) is 5.73 Å². The van der Waals surface area contributed by atoms with Crippen LogP contribution in [-0.4, -0.2) is 35.7 Å². The van der Waals surface area contributed by atoms with Gasteiger partial charge in [-0.3, -0.25) is 9.59 Å². The lowest BCUT2D eigenvalue weighted by Gasteiger charge is -2.12. The minimum absolute atomic E-state index is 0.132. The number of nitrogens with two attached hydrogens (primary N) is 1. The van der Waals surface area contributed by atoms with Gasteiger partial charge in [-0.05, 0) is 30.5 Å². The van der Waals surface area contributed by atoms with Crippen LogP contribution >= 0.6 is 11.3 Å². The second kappa shape index (κ2) is 10.4. The number of nitrogens with zero attached hydrogens (tertiary/aromatic N) is 1. The van der Waals surface area contributed by atoms with Gasteiger partial charge in [0.15, 0.2) is 5.13 Å². The van der Waals surface area contributed by atoms with E-state index in [2.05, 4.69) is 20.4 Å². The van der Waals surface area contributed by atoms with Crippen LogP contribution in [0.3, 0.4) is 0 Å². The van der Waals surface area contributed by atoms with Gasteiger partial charge >= 0.3 is 6.36 Å². The van der Waals surface area contributed by atoms with Gasteiger partial charge in [0.2, 0.25) is 11.8 Å². The number of anilines is 1. The van der Waals surface area contributed by atoms with Gasteiger partial charge in [-0.1, -0.05) is 41.7 Å². The predicted octanol–water partition coefficient (Wildman–Crippen LogP) is 3.60. The van der Waals surface area contributed by atoms with Gasteiger partial charge < -0.3 is 21.1 Å². The maximum absolute atomic E-state index is 12.3. The largest absolute Gasteiger partial charge is 0.573 e. The number of hydrogen-bond acceptors (Lipinski definition) is 6. The Morgan fingerprint density at radius 3 is 2.62 bits per heavy atom. The summed E-state index contributed by atoms with van der Waals surface area (Å²) in [7, 11) is 0. The highest BCUT2D eigenvalue weighted by atomic mass is 32.1. The van der Waals surface area contributed by atoms with Crippen LogP contribution in [0.5, 0.6) is 5.75 Å². The smallest absolute Gasteiger partial charge is 0.406 e. The second-order valence-corrected chi connectivity index (χ2v) is 7.97. The van der Waals surface area contributed by atoms with Crippen molar-refractivity contribution in [2.45, 2.75) is 31.7 Å². The summed E-state index contributed by atoms with van der Waals surface area (Å²) >= 11 is 1.04. The molecule has 0 aliphatic heterocycles. The molecule has 1 unspecified atom stereocenters. The Hall–Kier alpha value is -3.18. The molecule has 4 N–H and O–H groups in total. The zero-order valence-electron chi connectivity index (χ0n) is 16.8. The average molecular weight is 466 g/mol. The number of aromatic nitrogens is 1. The predicted molar refractivity (Wildman–Crippen MR) is 115 cm³/mol. The zero-order valence-corrected chi connectivity index (χ0v) is 17.6. The molecule has 0 bridgehead atoms. The molecule has 2 amide bonds. The minimum Gasteiger partial charge on any atom is -0.406 e. The van der Waals surface area contributed by atoms with Crippen LogP contribution in [0.25, 0.3) is 10.2 Å². The number of hydrogen-bond donors (Lipinski definition) is 3. The molecule has 170 valence electrons. The summed E-state index contributed by atoms with van der Waals surface area (Å²) in [5.41, 5.74) is 7.31. The molecule has 3 aromatic rings. The van der Waals surface area contributed by atoms with Crippen LogP contribution in [-0.2, 0) is 16.0 Å². The van der Waals surface area contributed by atoms with E-state index in [9.17, 15) is 22.8 Å². The molecule has 0 fully saturated rings. The minimum atomic E-state index is -4.78. The van der Waals surface area contributed by atoms with Gasteiger partial charge in [-0.2, -0.15) is 0 Å². The summed E-state index contributed by atoms with van der Waals surface area (Å²) in [6, 6.07) is 12.5. The Morgan fingerprint density at radius 1 is 1.16 bits per heavy atom. The Morgan fingerprint density at radius 2 is 1.91 bits per heavy atom. The Kier molecular flexibility index (Phi) is 7.65.